The van der Waals surface area contributed by atoms with E-state index in [1.807, 2.05) is 11.3 Å². The maximum Gasteiger partial charge on any atom is 0.0462 e. The van der Waals surface area contributed by atoms with Gasteiger partial charge in [-0.1, -0.05) is 178 Å². The molecule has 1 heterocycles. The highest BCUT2D eigenvalue weighted by atomic mass is 32.1. The molecule has 0 N–H and O–H groups in total. The minimum Gasteiger partial charge on any atom is -0.311 e. The summed E-state index contributed by atoms with van der Waals surface area (Å²) in [7, 11) is 0. The average Bonchev–Trinajstić information content (AvgIpc) is 3.86. The Morgan fingerprint density at radius 3 is 1.32 bits per heavy atom. The second-order valence-electron chi connectivity index (χ2n) is 17.7. The summed E-state index contributed by atoms with van der Waals surface area (Å²) in [6.07, 6.45) is 0. The third kappa shape index (κ3) is 6.86. The lowest BCUT2D eigenvalue weighted by Crippen LogP contribution is -2.16. The van der Waals surface area contributed by atoms with E-state index in [1.54, 1.807) is 0 Å². The van der Waals surface area contributed by atoms with Crippen molar-refractivity contribution in [1.82, 2.24) is 0 Å². The van der Waals surface area contributed by atoms with Crippen LogP contribution >= 0.6 is 11.3 Å². The topological polar surface area (TPSA) is 3.24 Å². The third-order valence-corrected chi connectivity index (χ3v) is 14.6. The number of thiophene rings is 1. The van der Waals surface area contributed by atoms with Gasteiger partial charge in [-0.3, -0.25) is 0 Å². The Hall–Kier alpha value is -7.78. The molecule has 0 unspecified atom stereocenters. The molecule has 1 nitrogen and oxygen atoms in total. The second kappa shape index (κ2) is 15.8. The Morgan fingerprint density at radius 1 is 0.308 bits per heavy atom. The molecule has 10 aromatic carbocycles. The van der Waals surface area contributed by atoms with Crippen LogP contribution in [0.25, 0.3) is 86.9 Å². The van der Waals surface area contributed by atoms with Crippen molar-refractivity contribution in [2.45, 2.75) is 19.3 Å². The van der Waals surface area contributed by atoms with Crippen LogP contribution in [0.2, 0.25) is 0 Å². The number of nitrogens with zero attached hydrogens (tertiary/aromatic N) is 1. The molecule has 0 radical (unpaired) electrons. The van der Waals surface area contributed by atoms with Crippen LogP contribution < -0.4 is 4.90 Å². The first kappa shape index (κ1) is 38.9. The molecule has 65 heavy (non-hydrogen) atoms. The molecule has 1 aliphatic carbocycles. The molecule has 0 spiro atoms. The number of fused-ring (bicyclic) bond motifs is 6. The first-order valence-electron chi connectivity index (χ1n) is 22.5. The second-order valence-corrected chi connectivity index (χ2v) is 18.8. The van der Waals surface area contributed by atoms with Crippen molar-refractivity contribution in [2.24, 2.45) is 0 Å². The van der Waals surface area contributed by atoms with Crippen LogP contribution in [0.1, 0.15) is 25.0 Å². The minimum absolute atomic E-state index is 0.162. The van der Waals surface area contributed by atoms with E-state index in [2.05, 4.69) is 255 Å². The van der Waals surface area contributed by atoms with Gasteiger partial charge < -0.3 is 4.90 Å². The van der Waals surface area contributed by atoms with Gasteiger partial charge in [0.1, 0.15) is 0 Å². The average molecular weight is 848 g/mol. The minimum atomic E-state index is -0.162. The standard InChI is InChI=1S/C63H45NS/c1-63(2)59-36-28-48(38-56(59)58-41-50(43-16-8-4-9-17-43)40-55(62(58)63)47-18-10-5-11-19-47)45-24-32-52(33-25-45)64(51-30-22-44(23-31-51)42-14-6-3-7-15-42)53-34-26-46(27-35-53)49-29-37-61-57(39-49)54-20-12-13-21-60(54)65-61/h3-41H,1-2H3. The summed E-state index contributed by atoms with van der Waals surface area (Å²) in [5.74, 6) is 0. The summed E-state index contributed by atoms with van der Waals surface area (Å²) in [6.45, 7) is 4.77. The lowest BCUT2D eigenvalue weighted by Gasteiger charge is -2.26. The van der Waals surface area contributed by atoms with Crippen LogP contribution in [0.3, 0.4) is 0 Å². The molecule has 308 valence electrons. The highest BCUT2D eigenvalue weighted by Gasteiger charge is 2.38. The van der Waals surface area contributed by atoms with Crippen molar-refractivity contribution in [1.29, 1.82) is 0 Å². The number of benzene rings is 10. The van der Waals surface area contributed by atoms with Gasteiger partial charge in [-0.15, -0.1) is 11.3 Å². The van der Waals surface area contributed by atoms with Gasteiger partial charge in [0.2, 0.25) is 0 Å². The quantitative estimate of drug-likeness (QED) is 0.147. The highest BCUT2D eigenvalue weighted by molar-refractivity contribution is 7.25. The van der Waals surface area contributed by atoms with Gasteiger partial charge in [-0.25, -0.2) is 0 Å². The van der Waals surface area contributed by atoms with Crippen LogP contribution in [0.5, 0.6) is 0 Å². The molecule has 12 rings (SSSR count). The van der Waals surface area contributed by atoms with Crippen LogP contribution in [-0.4, -0.2) is 0 Å². The maximum absolute atomic E-state index is 2.43. The van der Waals surface area contributed by atoms with Crippen molar-refractivity contribution >= 4 is 48.6 Å². The molecular formula is C63H45NS. The van der Waals surface area contributed by atoms with Gasteiger partial charge in [0.15, 0.2) is 0 Å². The number of hydrogen-bond acceptors (Lipinski definition) is 2. The van der Waals surface area contributed by atoms with Crippen molar-refractivity contribution in [2.75, 3.05) is 4.90 Å². The molecule has 0 aliphatic heterocycles. The van der Waals surface area contributed by atoms with Crippen molar-refractivity contribution < 1.29 is 0 Å². The Balaban J connectivity index is 0.923. The van der Waals surface area contributed by atoms with E-state index < -0.39 is 0 Å². The zero-order chi connectivity index (χ0) is 43.5. The fraction of sp³-hybridized carbons (Fsp3) is 0.0476. The maximum atomic E-state index is 2.43. The Labute approximate surface area is 385 Å². The number of rotatable bonds is 8. The SMILES string of the molecule is CC1(C)c2ccc(-c3ccc(N(c4ccc(-c5ccccc5)cc4)c4ccc(-c5ccc6sc7ccccc7c6c5)cc4)cc3)cc2-c2cc(-c3ccccc3)cc(-c3ccccc3)c21. The zero-order valence-electron chi connectivity index (χ0n) is 36.4. The van der Waals surface area contributed by atoms with Crippen LogP contribution in [-0.2, 0) is 5.41 Å². The molecule has 1 aliphatic rings. The van der Waals surface area contributed by atoms with E-state index >= 15 is 0 Å². The summed E-state index contributed by atoms with van der Waals surface area (Å²) in [5.41, 5.74) is 20.8. The predicted octanol–water partition coefficient (Wildman–Crippen LogP) is 18.2. The Kier molecular flexibility index (Phi) is 9.44. The summed E-state index contributed by atoms with van der Waals surface area (Å²) in [5, 5.41) is 2.64. The predicted molar refractivity (Wildman–Crippen MR) is 279 cm³/mol. The fourth-order valence-electron chi connectivity index (χ4n) is 10.2. The van der Waals surface area contributed by atoms with Crippen molar-refractivity contribution in [3.05, 3.63) is 248 Å². The van der Waals surface area contributed by atoms with Gasteiger partial charge in [-0.2, -0.15) is 0 Å². The van der Waals surface area contributed by atoms with Crippen molar-refractivity contribution in [3.8, 4) is 66.8 Å². The number of hydrogen-bond donors (Lipinski definition) is 0. The monoisotopic (exact) mass is 847 g/mol. The van der Waals surface area contributed by atoms with E-state index in [-0.39, 0.29) is 5.41 Å². The number of anilines is 3. The Morgan fingerprint density at radius 2 is 0.723 bits per heavy atom. The normalized spacial score (nSPS) is 12.6. The van der Waals surface area contributed by atoms with Crippen molar-refractivity contribution in [3.63, 3.8) is 0 Å². The van der Waals surface area contributed by atoms with E-state index in [0.29, 0.717) is 0 Å². The fourth-order valence-corrected chi connectivity index (χ4v) is 11.3. The molecule has 2 heteroatoms. The molecule has 11 aromatic rings. The van der Waals surface area contributed by atoms with Gasteiger partial charge in [0.05, 0.1) is 0 Å². The summed E-state index contributed by atoms with van der Waals surface area (Å²) >= 11 is 1.86. The lowest BCUT2D eigenvalue weighted by molar-refractivity contribution is 0.662. The molecule has 1 aromatic heterocycles. The van der Waals surface area contributed by atoms with Crippen LogP contribution in [0.4, 0.5) is 17.1 Å². The Bertz CT molecular complexity index is 3510. The highest BCUT2D eigenvalue weighted by Crippen LogP contribution is 2.54. The van der Waals surface area contributed by atoms with E-state index in [0.717, 1.165) is 17.1 Å². The first-order chi connectivity index (χ1) is 32.0. The van der Waals surface area contributed by atoms with E-state index in [9.17, 15) is 0 Å². The largest absolute Gasteiger partial charge is 0.311 e. The smallest absolute Gasteiger partial charge is 0.0462 e. The van der Waals surface area contributed by atoms with Crippen LogP contribution in [0.15, 0.2) is 237 Å². The van der Waals surface area contributed by atoms with Gasteiger partial charge >= 0.3 is 0 Å². The molecule has 0 amide bonds. The summed E-state index contributed by atoms with van der Waals surface area (Å²) in [4.78, 5) is 2.37. The van der Waals surface area contributed by atoms with Crippen LogP contribution in [0, 0.1) is 0 Å². The molecule has 0 fully saturated rings. The summed E-state index contributed by atoms with van der Waals surface area (Å²) in [6, 6.07) is 87.0. The van der Waals surface area contributed by atoms with Gasteiger partial charge in [0, 0.05) is 42.6 Å². The van der Waals surface area contributed by atoms with Gasteiger partial charge in [-0.05, 0) is 151 Å². The molecular weight excluding hydrogens is 803 g/mol. The molecule has 0 saturated heterocycles. The molecule has 0 atom stereocenters. The molecule has 0 bridgehead atoms. The summed E-state index contributed by atoms with van der Waals surface area (Å²) < 4.78 is 2.65. The lowest BCUT2D eigenvalue weighted by atomic mass is 9.78. The van der Waals surface area contributed by atoms with E-state index in [4.69, 9.17) is 0 Å². The van der Waals surface area contributed by atoms with E-state index in [1.165, 1.54) is 98.1 Å². The first-order valence-corrected chi connectivity index (χ1v) is 23.3. The third-order valence-electron chi connectivity index (χ3n) is 13.5. The zero-order valence-corrected chi connectivity index (χ0v) is 37.2. The molecule has 0 saturated carbocycles. The van der Waals surface area contributed by atoms with Gasteiger partial charge in [0.25, 0.3) is 0 Å².